The first kappa shape index (κ1) is 17.2. The molecule has 0 amide bonds. The van der Waals surface area contributed by atoms with Gasteiger partial charge in [-0.2, -0.15) is 0 Å². The molecule has 0 radical (unpaired) electrons. The van der Waals surface area contributed by atoms with Crippen molar-refractivity contribution in [2.75, 3.05) is 11.1 Å². The molecule has 2 rings (SSSR count). The number of rotatable bonds is 4. The highest BCUT2D eigenvalue weighted by molar-refractivity contribution is 8.23. The third-order valence-electron chi connectivity index (χ3n) is 2.83. The van der Waals surface area contributed by atoms with E-state index in [0.29, 0.717) is 10.1 Å². The Morgan fingerprint density at radius 2 is 2.18 bits per heavy atom. The molecule has 0 fully saturated rings. The molecule has 0 unspecified atom stereocenters. The van der Waals surface area contributed by atoms with E-state index in [1.807, 2.05) is 18.2 Å². The van der Waals surface area contributed by atoms with Crippen LogP contribution in [0.15, 0.2) is 18.2 Å². The third kappa shape index (κ3) is 4.66. The number of hydrogen-bond acceptors (Lipinski definition) is 5. The zero-order valence-electron chi connectivity index (χ0n) is 12.7. The monoisotopic (exact) mass is 354 g/mol. The van der Waals surface area contributed by atoms with Gasteiger partial charge in [0.25, 0.3) is 0 Å². The van der Waals surface area contributed by atoms with E-state index in [1.54, 1.807) is 11.3 Å². The number of thiazole rings is 1. The van der Waals surface area contributed by atoms with Crippen molar-refractivity contribution < 1.29 is 9.90 Å². The predicted octanol–water partition coefficient (Wildman–Crippen LogP) is 4.50. The molecule has 0 saturated heterocycles. The number of fused-ring (bicyclic) bond motifs is 1. The summed E-state index contributed by atoms with van der Waals surface area (Å²) in [6, 6.07) is 5.96. The van der Waals surface area contributed by atoms with Crippen molar-refractivity contribution in [3.8, 4) is 0 Å². The molecule has 2 N–H and O–H groups in total. The van der Waals surface area contributed by atoms with E-state index in [1.165, 1.54) is 11.8 Å². The lowest BCUT2D eigenvalue weighted by atomic mass is 9.98. The molecule has 0 aliphatic rings. The SMILES string of the molecule is CC(C)(C)c1nc2ccc(NC(=S)SCCC(=O)O)cc2s1. The number of hydrogen-bond donors (Lipinski definition) is 2. The molecule has 0 bridgehead atoms. The molecule has 0 aliphatic carbocycles. The second-order valence-corrected chi connectivity index (χ2v) is 8.66. The number of aliphatic carboxylic acids is 1. The van der Waals surface area contributed by atoms with E-state index in [0.717, 1.165) is 20.9 Å². The minimum Gasteiger partial charge on any atom is -0.481 e. The van der Waals surface area contributed by atoms with Crippen molar-refractivity contribution in [2.24, 2.45) is 0 Å². The van der Waals surface area contributed by atoms with Gasteiger partial charge in [0.15, 0.2) is 0 Å². The van der Waals surface area contributed by atoms with Crippen LogP contribution in [0.5, 0.6) is 0 Å². The van der Waals surface area contributed by atoms with Crippen LogP contribution in [0.1, 0.15) is 32.2 Å². The Morgan fingerprint density at radius 1 is 1.45 bits per heavy atom. The summed E-state index contributed by atoms with van der Waals surface area (Å²) in [6.45, 7) is 6.45. The summed E-state index contributed by atoms with van der Waals surface area (Å²) in [5.74, 6) is -0.339. The van der Waals surface area contributed by atoms with Crippen LogP contribution in [0.4, 0.5) is 5.69 Å². The number of thioether (sulfide) groups is 1. The first-order chi connectivity index (χ1) is 10.3. The number of carboxylic acid groups (broad SMARTS) is 1. The van der Waals surface area contributed by atoms with Gasteiger partial charge in [0.1, 0.15) is 4.32 Å². The normalized spacial score (nSPS) is 11.6. The van der Waals surface area contributed by atoms with Gasteiger partial charge in [-0.3, -0.25) is 4.79 Å². The van der Waals surface area contributed by atoms with E-state index >= 15 is 0 Å². The fraction of sp³-hybridized carbons (Fsp3) is 0.400. The van der Waals surface area contributed by atoms with Crippen LogP contribution in [-0.4, -0.2) is 26.1 Å². The van der Waals surface area contributed by atoms with Crippen molar-refractivity contribution in [1.29, 1.82) is 0 Å². The second kappa shape index (κ2) is 6.93. The molecule has 22 heavy (non-hydrogen) atoms. The molecule has 1 aromatic carbocycles. The quantitative estimate of drug-likeness (QED) is 0.788. The Hall–Kier alpha value is -1.18. The van der Waals surface area contributed by atoms with Crippen molar-refractivity contribution in [2.45, 2.75) is 32.6 Å². The van der Waals surface area contributed by atoms with Crippen LogP contribution in [0.3, 0.4) is 0 Å². The van der Waals surface area contributed by atoms with E-state index in [9.17, 15) is 4.79 Å². The first-order valence-electron chi connectivity index (χ1n) is 6.82. The highest BCUT2D eigenvalue weighted by atomic mass is 32.2. The van der Waals surface area contributed by atoms with Crippen molar-refractivity contribution in [3.05, 3.63) is 23.2 Å². The number of carboxylic acids is 1. The van der Waals surface area contributed by atoms with Gasteiger partial charge in [0.2, 0.25) is 0 Å². The van der Waals surface area contributed by atoms with Gasteiger partial charge in [-0.05, 0) is 18.2 Å². The van der Waals surface area contributed by atoms with Crippen molar-refractivity contribution >= 4 is 61.5 Å². The number of nitrogens with one attached hydrogen (secondary N) is 1. The Balaban J connectivity index is 2.06. The van der Waals surface area contributed by atoms with Crippen LogP contribution in [0.25, 0.3) is 10.2 Å². The molecule has 4 nitrogen and oxygen atoms in total. The summed E-state index contributed by atoms with van der Waals surface area (Å²) < 4.78 is 1.70. The van der Waals surface area contributed by atoms with Crippen LogP contribution >= 0.6 is 35.3 Å². The fourth-order valence-corrected chi connectivity index (χ4v) is 3.79. The maximum absolute atomic E-state index is 10.5. The predicted molar refractivity (Wildman–Crippen MR) is 99.3 cm³/mol. The molecule has 0 spiro atoms. The number of thiocarbonyl (C=S) groups is 1. The standard InChI is InChI=1S/C15H18N2O2S3/c1-15(2,3)13-17-10-5-4-9(8-11(10)22-13)16-14(20)21-7-6-12(18)19/h4-5,8H,6-7H2,1-3H3,(H,16,20)(H,18,19). The maximum Gasteiger partial charge on any atom is 0.304 e. The van der Waals surface area contributed by atoms with Crippen LogP contribution in [-0.2, 0) is 10.2 Å². The van der Waals surface area contributed by atoms with Gasteiger partial charge in [-0.1, -0.05) is 44.8 Å². The van der Waals surface area contributed by atoms with Gasteiger partial charge < -0.3 is 10.4 Å². The Labute approximate surface area is 143 Å². The molecular formula is C15H18N2O2S3. The minimum absolute atomic E-state index is 0.0409. The van der Waals surface area contributed by atoms with E-state index < -0.39 is 5.97 Å². The van der Waals surface area contributed by atoms with Gasteiger partial charge in [-0.15, -0.1) is 11.3 Å². The summed E-state index contributed by atoms with van der Waals surface area (Å²) in [4.78, 5) is 15.1. The summed E-state index contributed by atoms with van der Waals surface area (Å²) in [5, 5.41) is 12.9. The van der Waals surface area contributed by atoms with Gasteiger partial charge in [0, 0.05) is 16.9 Å². The average Bonchev–Trinajstić information content (AvgIpc) is 2.81. The van der Waals surface area contributed by atoms with Crippen molar-refractivity contribution in [1.82, 2.24) is 4.98 Å². The third-order valence-corrected chi connectivity index (χ3v) is 5.50. The Kier molecular flexibility index (Phi) is 5.41. The average molecular weight is 355 g/mol. The zero-order valence-corrected chi connectivity index (χ0v) is 15.1. The van der Waals surface area contributed by atoms with E-state index in [2.05, 4.69) is 31.1 Å². The van der Waals surface area contributed by atoms with Crippen LogP contribution in [0, 0.1) is 0 Å². The van der Waals surface area contributed by atoms with Crippen molar-refractivity contribution in [3.63, 3.8) is 0 Å². The highest BCUT2D eigenvalue weighted by Crippen LogP contribution is 2.32. The van der Waals surface area contributed by atoms with E-state index in [4.69, 9.17) is 17.3 Å². The first-order valence-corrected chi connectivity index (χ1v) is 9.03. The lowest BCUT2D eigenvalue weighted by molar-refractivity contribution is -0.136. The number of anilines is 1. The molecule has 2 aromatic rings. The summed E-state index contributed by atoms with van der Waals surface area (Å²) in [6.07, 6.45) is 0.106. The highest BCUT2D eigenvalue weighted by Gasteiger charge is 2.18. The molecule has 7 heteroatoms. The lowest BCUT2D eigenvalue weighted by Crippen LogP contribution is -2.09. The van der Waals surface area contributed by atoms with Gasteiger partial charge in [-0.25, -0.2) is 4.98 Å². The van der Waals surface area contributed by atoms with Crippen LogP contribution in [0.2, 0.25) is 0 Å². The number of aromatic nitrogens is 1. The summed E-state index contributed by atoms with van der Waals surface area (Å²) in [5.41, 5.74) is 1.94. The number of nitrogens with zero attached hydrogens (tertiary/aromatic N) is 1. The topological polar surface area (TPSA) is 62.2 Å². The Morgan fingerprint density at radius 3 is 2.82 bits per heavy atom. The summed E-state index contributed by atoms with van der Waals surface area (Å²) >= 11 is 8.25. The van der Waals surface area contributed by atoms with Crippen LogP contribution < -0.4 is 5.32 Å². The number of benzene rings is 1. The molecule has 1 aromatic heterocycles. The molecule has 0 aliphatic heterocycles. The second-order valence-electron chi connectivity index (χ2n) is 5.86. The number of carbonyl (C=O) groups is 1. The van der Waals surface area contributed by atoms with Gasteiger partial charge in [0.05, 0.1) is 21.6 Å². The molecular weight excluding hydrogens is 336 g/mol. The smallest absolute Gasteiger partial charge is 0.304 e. The largest absolute Gasteiger partial charge is 0.481 e. The maximum atomic E-state index is 10.5. The molecule has 118 valence electrons. The Bertz CT molecular complexity index is 704. The molecule has 0 saturated carbocycles. The zero-order chi connectivity index (χ0) is 16.3. The van der Waals surface area contributed by atoms with E-state index in [-0.39, 0.29) is 11.8 Å². The lowest BCUT2D eigenvalue weighted by Gasteiger charge is -2.13. The molecule has 1 heterocycles. The fourth-order valence-electron chi connectivity index (χ4n) is 1.71. The minimum atomic E-state index is -0.809. The summed E-state index contributed by atoms with van der Waals surface area (Å²) in [7, 11) is 0. The van der Waals surface area contributed by atoms with Gasteiger partial charge >= 0.3 is 5.97 Å². The molecule has 0 atom stereocenters.